The summed E-state index contributed by atoms with van der Waals surface area (Å²) in [6, 6.07) is 42.8. The molecule has 0 spiro atoms. The van der Waals surface area contributed by atoms with Crippen LogP contribution in [0.3, 0.4) is 0 Å². The zero-order valence-electron chi connectivity index (χ0n) is 16.4. The normalized spacial score (nSPS) is 10.8. The third-order valence-electron chi connectivity index (χ3n) is 5.29. The Morgan fingerprint density at radius 1 is 0.433 bits per heavy atom. The van der Waals surface area contributed by atoms with Gasteiger partial charge in [0.25, 0.3) is 0 Å². The van der Waals surface area contributed by atoms with Crippen LogP contribution in [0.4, 0.5) is 17.1 Å². The van der Waals surface area contributed by atoms with E-state index in [2.05, 4.69) is 142 Å². The van der Waals surface area contributed by atoms with E-state index < -0.39 is 0 Å². The highest BCUT2D eigenvalue weighted by Gasteiger charge is 2.14. The van der Waals surface area contributed by atoms with Crippen molar-refractivity contribution in [1.82, 2.24) is 0 Å². The molecule has 0 atom stereocenters. The fourth-order valence-corrected chi connectivity index (χ4v) is 4.07. The van der Waals surface area contributed by atoms with E-state index in [1.165, 1.54) is 21.9 Å². The summed E-state index contributed by atoms with van der Waals surface area (Å²) in [6.45, 7) is 0. The van der Waals surface area contributed by atoms with E-state index in [4.69, 9.17) is 0 Å². The van der Waals surface area contributed by atoms with E-state index in [1.807, 2.05) is 0 Å². The molecule has 1 nitrogen and oxygen atoms in total. The van der Waals surface area contributed by atoms with Gasteiger partial charge in [-0.15, -0.1) is 0 Å². The number of nitrogens with zero attached hydrogens (tertiary/aromatic N) is 1. The quantitative estimate of drug-likeness (QED) is 0.265. The summed E-state index contributed by atoms with van der Waals surface area (Å²) in [6.07, 6.45) is 0. The highest BCUT2D eigenvalue weighted by Crippen LogP contribution is 2.38. The summed E-state index contributed by atoms with van der Waals surface area (Å²) >= 11 is 3.56. The first-order valence-corrected chi connectivity index (χ1v) is 10.8. The van der Waals surface area contributed by atoms with Crippen LogP contribution >= 0.6 is 15.9 Å². The Labute approximate surface area is 185 Å². The minimum Gasteiger partial charge on any atom is -0.310 e. The van der Waals surface area contributed by atoms with E-state index in [1.54, 1.807) is 0 Å². The summed E-state index contributed by atoms with van der Waals surface area (Å²) < 4.78 is 1.07. The molecule has 0 heterocycles. The summed E-state index contributed by atoms with van der Waals surface area (Å²) in [5.74, 6) is 0. The zero-order valence-corrected chi connectivity index (χ0v) is 18.0. The van der Waals surface area contributed by atoms with Gasteiger partial charge in [0.15, 0.2) is 0 Å². The van der Waals surface area contributed by atoms with Gasteiger partial charge in [-0.2, -0.15) is 0 Å². The summed E-state index contributed by atoms with van der Waals surface area (Å²) in [7, 11) is 0. The second-order valence-electron chi connectivity index (χ2n) is 7.26. The molecule has 0 N–H and O–H groups in total. The van der Waals surface area contributed by atoms with Crippen molar-refractivity contribution in [1.29, 1.82) is 0 Å². The van der Waals surface area contributed by atoms with E-state index in [0.29, 0.717) is 0 Å². The van der Waals surface area contributed by atoms with Crippen LogP contribution in [0, 0.1) is 0 Å². The van der Waals surface area contributed by atoms with Gasteiger partial charge in [-0.25, -0.2) is 0 Å². The van der Waals surface area contributed by atoms with Gasteiger partial charge in [0.2, 0.25) is 0 Å². The molecule has 0 fully saturated rings. The monoisotopic (exact) mass is 449 g/mol. The van der Waals surface area contributed by atoms with Crippen molar-refractivity contribution >= 4 is 43.8 Å². The van der Waals surface area contributed by atoms with Gasteiger partial charge < -0.3 is 4.90 Å². The van der Waals surface area contributed by atoms with Crippen LogP contribution in [0.1, 0.15) is 0 Å². The SMILES string of the molecule is Brc1ccc(N(c2cccc(-c3ccccc3)c2)c2ccc3ccccc3c2)cc1. The lowest BCUT2D eigenvalue weighted by molar-refractivity contribution is 1.29. The molecule has 0 radical (unpaired) electrons. The van der Waals surface area contributed by atoms with Crippen molar-refractivity contribution in [3.05, 3.63) is 126 Å². The van der Waals surface area contributed by atoms with Crippen molar-refractivity contribution in [2.45, 2.75) is 0 Å². The number of rotatable bonds is 4. The van der Waals surface area contributed by atoms with E-state index in [-0.39, 0.29) is 0 Å². The Bertz CT molecular complexity index is 1290. The third-order valence-corrected chi connectivity index (χ3v) is 5.82. The smallest absolute Gasteiger partial charge is 0.0468 e. The average Bonchev–Trinajstić information content (AvgIpc) is 2.81. The molecule has 30 heavy (non-hydrogen) atoms. The summed E-state index contributed by atoms with van der Waals surface area (Å²) in [4.78, 5) is 2.31. The first-order chi connectivity index (χ1) is 14.8. The number of benzene rings is 5. The Kier molecular flexibility index (Phi) is 5.08. The second-order valence-corrected chi connectivity index (χ2v) is 8.18. The topological polar surface area (TPSA) is 3.24 Å². The predicted molar refractivity (Wildman–Crippen MR) is 132 cm³/mol. The highest BCUT2D eigenvalue weighted by atomic mass is 79.9. The Hall–Kier alpha value is -3.36. The molecule has 5 rings (SSSR count). The molecule has 5 aromatic carbocycles. The number of hydrogen-bond acceptors (Lipinski definition) is 1. The van der Waals surface area contributed by atoms with Crippen LogP contribution < -0.4 is 4.90 Å². The van der Waals surface area contributed by atoms with E-state index in [9.17, 15) is 0 Å². The van der Waals surface area contributed by atoms with E-state index >= 15 is 0 Å². The first-order valence-electron chi connectivity index (χ1n) is 9.98. The van der Waals surface area contributed by atoms with Gasteiger partial charge >= 0.3 is 0 Å². The molecule has 0 aliphatic carbocycles. The molecule has 0 aliphatic rings. The largest absolute Gasteiger partial charge is 0.310 e. The van der Waals surface area contributed by atoms with Crippen molar-refractivity contribution in [2.24, 2.45) is 0 Å². The molecule has 0 aliphatic heterocycles. The lowest BCUT2D eigenvalue weighted by atomic mass is 10.0. The van der Waals surface area contributed by atoms with Crippen LogP contribution in [-0.4, -0.2) is 0 Å². The van der Waals surface area contributed by atoms with Gasteiger partial charge in [-0.05, 0) is 70.4 Å². The average molecular weight is 450 g/mol. The van der Waals surface area contributed by atoms with Crippen molar-refractivity contribution in [3.63, 3.8) is 0 Å². The molecule has 0 unspecified atom stereocenters. The number of fused-ring (bicyclic) bond motifs is 1. The van der Waals surface area contributed by atoms with Gasteiger partial charge in [-0.3, -0.25) is 0 Å². The fourth-order valence-electron chi connectivity index (χ4n) is 3.81. The van der Waals surface area contributed by atoms with Crippen LogP contribution in [0.25, 0.3) is 21.9 Å². The molecule has 0 amide bonds. The van der Waals surface area contributed by atoms with Gasteiger partial charge in [0.1, 0.15) is 0 Å². The highest BCUT2D eigenvalue weighted by molar-refractivity contribution is 9.10. The molecular formula is C28H20BrN. The van der Waals surface area contributed by atoms with Crippen LogP contribution in [0.15, 0.2) is 126 Å². The molecule has 144 valence electrons. The number of halogens is 1. The van der Waals surface area contributed by atoms with Crippen molar-refractivity contribution in [3.8, 4) is 11.1 Å². The number of anilines is 3. The van der Waals surface area contributed by atoms with E-state index in [0.717, 1.165) is 21.5 Å². The molecule has 5 aromatic rings. The first kappa shape index (κ1) is 18.7. The molecule has 2 heteroatoms. The Morgan fingerprint density at radius 3 is 1.87 bits per heavy atom. The maximum absolute atomic E-state index is 3.56. The molecule has 0 bridgehead atoms. The zero-order chi connectivity index (χ0) is 20.3. The Morgan fingerprint density at radius 2 is 1.07 bits per heavy atom. The lowest BCUT2D eigenvalue weighted by Crippen LogP contribution is -2.09. The van der Waals surface area contributed by atoms with Crippen molar-refractivity contribution in [2.75, 3.05) is 4.90 Å². The predicted octanol–water partition coefficient (Wildman–Crippen LogP) is 8.74. The fraction of sp³-hybridized carbons (Fsp3) is 0. The van der Waals surface area contributed by atoms with Crippen LogP contribution in [0.5, 0.6) is 0 Å². The third kappa shape index (κ3) is 3.74. The van der Waals surface area contributed by atoms with Gasteiger partial charge in [0, 0.05) is 21.5 Å². The van der Waals surface area contributed by atoms with Gasteiger partial charge in [-0.1, -0.05) is 88.7 Å². The summed E-state index contributed by atoms with van der Waals surface area (Å²) in [5.41, 5.74) is 5.82. The molecule has 0 saturated carbocycles. The second kappa shape index (κ2) is 8.17. The van der Waals surface area contributed by atoms with Crippen LogP contribution in [-0.2, 0) is 0 Å². The standard InChI is InChI=1S/C28H20BrN/c29-25-14-17-26(18-15-25)30(28-16-13-22-9-4-5-10-23(22)20-28)27-12-6-11-24(19-27)21-7-2-1-3-8-21/h1-20H. The van der Waals surface area contributed by atoms with Crippen molar-refractivity contribution < 1.29 is 0 Å². The Balaban J connectivity index is 1.67. The van der Waals surface area contributed by atoms with Crippen LogP contribution in [0.2, 0.25) is 0 Å². The molecule has 0 aromatic heterocycles. The summed E-state index contributed by atoms with van der Waals surface area (Å²) in [5, 5.41) is 2.48. The maximum Gasteiger partial charge on any atom is 0.0468 e. The molecular weight excluding hydrogens is 430 g/mol. The maximum atomic E-state index is 3.56. The van der Waals surface area contributed by atoms with Gasteiger partial charge in [0.05, 0.1) is 0 Å². The minimum absolute atomic E-state index is 1.07. The lowest BCUT2D eigenvalue weighted by Gasteiger charge is -2.26. The molecule has 0 saturated heterocycles. The minimum atomic E-state index is 1.07. The number of hydrogen-bond donors (Lipinski definition) is 0.